The first-order valence-electron chi connectivity index (χ1n) is 18.6. The summed E-state index contributed by atoms with van der Waals surface area (Å²) in [5, 5.41) is 12.6. The van der Waals surface area contributed by atoms with Crippen LogP contribution in [0.4, 0.5) is 0 Å². The zero-order valence-electron chi connectivity index (χ0n) is 32.5. The molecule has 0 saturated carbocycles. The van der Waals surface area contributed by atoms with Crippen molar-refractivity contribution in [2.75, 3.05) is 0 Å². The van der Waals surface area contributed by atoms with Crippen LogP contribution in [0.25, 0.3) is 33.2 Å². The first-order valence-corrected chi connectivity index (χ1v) is 18.6. The summed E-state index contributed by atoms with van der Waals surface area (Å²) in [7, 11) is 0. The molecule has 0 spiro atoms. The Morgan fingerprint density at radius 3 is 2.06 bits per heavy atom. The number of nitrogens with zero attached hydrogens (tertiary/aromatic N) is 1. The van der Waals surface area contributed by atoms with Gasteiger partial charge in [0.1, 0.15) is 5.76 Å². The molecule has 3 nitrogen and oxygen atoms in total. The van der Waals surface area contributed by atoms with Gasteiger partial charge in [0.05, 0.1) is 0 Å². The summed E-state index contributed by atoms with van der Waals surface area (Å²) in [6.07, 6.45) is 10.2. The molecule has 0 fully saturated rings. The molecule has 50 heavy (non-hydrogen) atoms. The predicted octanol–water partition coefficient (Wildman–Crippen LogP) is 12.6. The Balaban J connectivity index is 0.000000323. The number of benzene rings is 3. The number of hydrogen-bond donors (Lipinski definition) is 1. The van der Waals surface area contributed by atoms with Crippen molar-refractivity contribution >= 4 is 16.6 Å². The average Bonchev–Trinajstić information content (AvgIpc) is 3.09. The average molecular weight is 851 g/mol. The fraction of sp³-hybridized carbons (Fsp3) is 0.478. The number of rotatable bonds is 10. The molecule has 1 heterocycles. The van der Waals surface area contributed by atoms with Crippen molar-refractivity contribution in [1.29, 1.82) is 0 Å². The van der Waals surface area contributed by atoms with E-state index in [0.29, 0.717) is 5.92 Å². The van der Waals surface area contributed by atoms with Crippen LogP contribution in [-0.4, -0.2) is 15.9 Å². The first-order chi connectivity index (χ1) is 23.1. The number of carbonyl (C=O) groups is 1. The molecule has 0 amide bonds. The van der Waals surface area contributed by atoms with Crippen LogP contribution >= 0.6 is 0 Å². The molecular formula is C46H60IrNO2-. The van der Waals surface area contributed by atoms with Crippen molar-refractivity contribution in [1.82, 2.24) is 4.98 Å². The van der Waals surface area contributed by atoms with Gasteiger partial charge in [0.2, 0.25) is 0 Å². The smallest absolute Gasteiger partial charge is 0.164 e. The van der Waals surface area contributed by atoms with Gasteiger partial charge >= 0.3 is 0 Å². The second-order valence-corrected chi connectivity index (χ2v) is 16.1. The Hall–Kier alpha value is -3.07. The van der Waals surface area contributed by atoms with Gasteiger partial charge in [0.15, 0.2) is 5.78 Å². The standard InChI is InChI=1S/C31H32N.C15H28O2.Ir/c1-20(2)14-21-10-13-26-23(15-21)11-12-24-19-32-30(18-28(24)26)25-16-22-8-6-7-9-27(22)29(17-25)31(3,4)5;1-7-14(5,8-2)12(16)11-13(17)15(6,9-3)10-4;/h6-10,13,15,17-20H,11-12,14H2,1-5H3;11,16H,7-10H2,1-6H3;/q-1;;/b;12-11-;. The normalized spacial score (nSPS) is 13.2. The number of aromatic nitrogens is 1. The van der Waals surface area contributed by atoms with Crippen molar-refractivity contribution in [3.8, 4) is 22.4 Å². The molecule has 4 aromatic rings. The van der Waals surface area contributed by atoms with Crippen molar-refractivity contribution < 1.29 is 30.0 Å². The predicted molar refractivity (Wildman–Crippen MR) is 209 cm³/mol. The summed E-state index contributed by atoms with van der Waals surface area (Å²) in [4.78, 5) is 17.1. The van der Waals surface area contributed by atoms with Crippen molar-refractivity contribution in [3.63, 3.8) is 0 Å². The monoisotopic (exact) mass is 851 g/mol. The first kappa shape index (κ1) is 41.4. The Morgan fingerprint density at radius 2 is 1.46 bits per heavy atom. The van der Waals surface area contributed by atoms with Gasteiger partial charge in [-0.1, -0.05) is 130 Å². The Morgan fingerprint density at radius 1 is 0.840 bits per heavy atom. The number of fused-ring (bicyclic) bond motifs is 4. The fourth-order valence-electron chi connectivity index (χ4n) is 6.74. The summed E-state index contributed by atoms with van der Waals surface area (Å²) in [5.41, 5.74) is 9.89. The quantitative estimate of drug-likeness (QED) is 0.0982. The Kier molecular flexibility index (Phi) is 14.0. The molecule has 1 N–H and O–H groups in total. The number of aliphatic hydroxyl groups excluding tert-OH is 1. The third kappa shape index (κ3) is 9.23. The largest absolute Gasteiger partial charge is 0.512 e. The van der Waals surface area contributed by atoms with Crippen LogP contribution < -0.4 is 0 Å². The number of carbonyl (C=O) groups excluding carboxylic acids is 1. The SMILES string of the molecule is CC(C)Cc1ccc2c(c1)CCc1cnc(-c3[c-]c4ccccc4c(C(C)(C)C)c3)cc1-2.CCC(C)(CC)C(=O)/C=C(\O)C(C)(CC)CC.[Ir]. The molecule has 1 aliphatic rings. The van der Waals surface area contributed by atoms with Gasteiger partial charge in [0, 0.05) is 48.9 Å². The van der Waals surface area contributed by atoms with Crippen molar-refractivity contribution in [3.05, 3.63) is 101 Å². The maximum atomic E-state index is 12.2. The van der Waals surface area contributed by atoms with E-state index in [-0.39, 0.29) is 47.9 Å². The zero-order chi connectivity index (χ0) is 36.1. The molecule has 0 aliphatic heterocycles. The van der Waals surface area contributed by atoms with Gasteiger partial charge < -0.3 is 5.11 Å². The van der Waals surface area contributed by atoms with Gasteiger partial charge in [-0.3, -0.25) is 9.78 Å². The fourth-order valence-corrected chi connectivity index (χ4v) is 6.74. The second-order valence-electron chi connectivity index (χ2n) is 16.1. The summed E-state index contributed by atoms with van der Waals surface area (Å²) in [6.45, 7) is 23.5. The Labute approximate surface area is 316 Å². The van der Waals surface area contributed by atoms with E-state index in [1.165, 1.54) is 44.8 Å². The number of aliphatic hydroxyl groups is 1. The van der Waals surface area contributed by atoms with Crippen molar-refractivity contribution in [2.24, 2.45) is 16.7 Å². The topological polar surface area (TPSA) is 50.2 Å². The minimum Gasteiger partial charge on any atom is -0.512 e. The summed E-state index contributed by atoms with van der Waals surface area (Å²) in [5.74, 6) is 0.967. The van der Waals surface area contributed by atoms with E-state index >= 15 is 0 Å². The number of hydrogen-bond acceptors (Lipinski definition) is 3. The zero-order valence-corrected chi connectivity index (χ0v) is 34.9. The van der Waals surface area contributed by atoms with Crippen LogP contribution in [0.15, 0.2) is 72.6 Å². The van der Waals surface area contributed by atoms with Gasteiger partial charge in [0.25, 0.3) is 0 Å². The van der Waals surface area contributed by atoms with E-state index in [9.17, 15) is 9.90 Å². The van der Waals surface area contributed by atoms with E-state index in [1.807, 2.05) is 41.5 Å². The molecule has 271 valence electrons. The number of allylic oxidation sites excluding steroid dienone is 2. The number of aryl methyl sites for hydroxylation is 2. The minimum atomic E-state index is -0.337. The van der Waals surface area contributed by atoms with Crippen LogP contribution in [0.3, 0.4) is 0 Å². The van der Waals surface area contributed by atoms with Crippen molar-refractivity contribution in [2.45, 2.75) is 127 Å². The molecule has 1 aliphatic carbocycles. The molecule has 0 unspecified atom stereocenters. The molecule has 5 rings (SSSR count). The molecule has 0 bridgehead atoms. The van der Waals surface area contributed by atoms with Gasteiger partial charge in [-0.05, 0) is 84.1 Å². The second kappa shape index (κ2) is 17.0. The molecule has 0 atom stereocenters. The minimum absolute atomic E-state index is 0. The van der Waals surface area contributed by atoms with Gasteiger partial charge in [-0.25, -0.2) is 0 Å². The van der Waals surface area contributed by atoms with Gasteiger partial charge in [-0.15, -0.1) is 29.1 Å². The number of pyridine rings is 1. The summed E-state index contributed by atoms with van der Waals surface area (Å²) in [6, 6.07) is 23.9. The maximum Gasteiger partial charge on any atom is 0.164 e. The number of ketones is 1. The Bertz CT molecular complexity index is 1800. The van der Waals surface area contributed by atoms with Gasteiger partial charge in [-0.2, -0.15) is 0 Å². The molecule has 0 saturated heterocycles. The summed E-state index contributed by atoms with van der Waals surface area (Å²) >= 11 is 0. The third-order valence-electron chi connectivity index (χ3n) is 11.2. The molecule has 1 radical (unpaired) electrons. The van der Waals surface area contributed by atoms with E-state index in [4.69, 9.17) is 4.98 Å². The van der Waals surface area contributed by atoms with Crippen LogP contribution in [0.5, 0.6) is 0 Å². The van der Waals surface area contributed by atoms with Crippen LogP contribution in [0, 0.1) is 22.8 Å². The third-order valence-corrected chi connectivity index (χ3v) is 11.2. The van der Waals surface area contributed by atoms with E-state index in [0.717, 1.165) is 61.6 Å². The van der Waals surface area contributed by atoms with Crippen LogP contribution in [0.2, 0.25) is 0 Å². The van der Waals surface area contributed by atoms with Crippen LogP contribution in [-0.2, 0) is 49.6 Å². The molecular weight excluding hydrogens is 791 g/mol. The molecule has 4 heteroatoms. The molecule has 3 aromatic carbocycles. The molecule has 1 aromatic heterocycles. The summed E-state index contributed by atoms with van der Waals surface area (Å²) < 4.78 is 0. The van der Waals surface area contributed by atoms with Crippen LogP contribution in [0.1, 0.15) is 124 Å². The van der Waals surface area contributed by atoms with E-state index < -0.39 is 0 Å². The van der Waals surface area contributed by atoms with E-state index in [1.54, 1.807) is 0 Å². The van der Waals surface area contributed by atoms with E-state index in [2.05, 4.69) is 101 Å². The maximum absolute atomic E-state index is 12.2.